The minimum Gasteiger partial charge on any atom is -0.507 e. The molecule has 0 saturated carbocycles. The lowest BCUT2D eigenvalue weighted by Gasteiger charge is -2.39. The third-order valence-electron chi connectivity index (χ3n) is 5.04. The molecule has 0 bridgehead atoms. The number of carbonyl (C=O) groups excluding carboxylic acids is 1. The van der Waals surface area contributed by atoms with Gasteiger partial charge in [0.15, 0.2) is 0 Å². The van der Waals surface area contributed by atoms with E-state index in [-0.39, 0.29) is 22.8 Å². The number of phenols is 1. The normalized spacial score (nSPS) is 25.3. The molecule has 10 heteroatoms. The number of ether oxygens (including phenoxy) is 4. The summed E-state index contributed by atoms with van der Waals surface area (Å²) in [6, 6.07) is 7.67. The Morgan fingerprint density at radius 3 is 2.25 bits per heavy atom. The van der Waals surface area contributed by atoms with E-state index in [0.717, 1.165) is 5.56 Å². The second-order valence-corrected chi connectivity index (χ2v) is 7.52. The van der Waals surface area contributed by atoms with Gasteiger partial charge in [-0.25, -0.2) is 4.79 Å². The largest absolute Gasteiger partial charge is 0.507 e. The molecule has 2 aromatic carbocycles. The van der Waals surface area contributed by atoms with Crippen molar-refractivity contribution in [3.8, 4) is 23.0 Å². The number of phenolic OH excluding ortho intramolecular Hbond substituents is 1. The van der Waals surface area contributed by atoms with Gasteiger partial charge in [-0.2, -0.15) is 0 Å². The monoisotopic (exact) mass is 450 g/mol. The molecule has 1 saturated heterocycles. The maximum absolute atomic E-state index is 11.8. The van der Waals surface area contributed by atoms with Crippen molar-refractivity contribution in [1.29, 1.82) is 0 Å². The molecular weight excluding hydrogens is 424 g/mol. The summed E-state index contributed by atoms with van der Waals surface area (Å²) in [6.45, 7) is 2.83. The molecule has 0 aromatic heterocycles. The van der Waals surface area contributed by atoms with E-state index in [2.05, 4.69) is 4.74 Å². The number of aromatic hydroxyl groups is 1. The predicted molar refractivity (Wildman–Crippen MR) is 110 cm³/mol. The molecule has 5 N–H and O–H groups in total. The Morgan fingerprint density at radius 1 is 0.969 bits per heavy atom. The molecule has 0 radical (unpaired) electrons. The van der Waals surface area contributed by atoms with Gasteiger partial charge in [0.2, 0.25) is 6.29 Å². The van der Waals surface area contributed by atoms with Crippen LogP contribution in [-0.2, 0) is 9.47 Å². The molecule has 1 fully saturated rings. The second kappa shape index (κ2) is 9.72. The molecule has 1 aliphatic heterocycles. The fourth-order valence-corrected chi connectivity index (χ4v) is 3.44. The summed E-state index contributed by atoms with van der Waals surface area (Å²) in [6.07, 6.45) is -7.05. The summed E-state index contributed by atoms with van der Waals surface area (Å²) < 4.78 is 21.5. The summed E-state index contributed by atoms with van der Waals surface area (Å²) in [5.41, 5.74) is 1.22. The Kier molecular flexibility index (Phi) is 7.22. The van der Waals surface area contributed by atoms with Crippen LogP contribution in [0.1, 0.15) is 21.5 Å². The van der Waals surface area contributed by atoms with Crippen molar-refractivity contribution < 1.29 is 49.3 Å². The molecule has 5 atom stereocenters. The topological polar surface area (TPSA) is 155 Å². The molecule has 174 valence electrons. The second-order valence-electron chi connectivity index (χ2n) is 7.52. The number of hydrogen-bond acceptors (Lipinski definition) is 10. The zero-order valence-electron chi connectivity index (χ0n) is 17.8. The van der Waals surface area contributed by atoms with Crippen molar-refractivity contribution in [2.75, 3.05) is 13.7 Å². The first-order chi connectivity index (χ1) is 15.1. The maximum atomic E-state index is 11.8. The highest BCUT2D eigenvalue weighted by Crippen LogP contribution is 2.34. The highest BCUT2D eigenvalue weighted by molar-refractivity contribution is 5.94. The van der Waals surface area contributed by atoms with Crippen LogP contribution in [0.4, 0.5) is 0 Å². The van der Waals surface area contributed by atoms with E-state index in [0.29, 0.717) is 11.3 Å². The lowest BCUT2D eigenvalue weighted by molar-refractivity contribution is -0.277. The molecule has 10 nitrogen and oxygen atoms in total. The molecule has 1 aliphatic rings. The van der Waals surface area contributed by atoms with Crippen LogP contribution in [0.5, 0.6) is 23.0 Å². The average molecular weight is 450 g/mol. The van der Waals surface area contributed by atoms with E-state index in [1.807, 2.05) is 0 Å². The summed E-state index contributed by atoms with van der Waals surface area (Å²) in [5.74, 6) is -0.141. The standard InChI is InChI=1S/C22H26O10/c1-10-4-12(30-14-6-11(2)17(15(24)8-14)21(28)29-3)7-13(5-10)31-22-20(27)19(26)18(25)16(9-23)32-22/h4-8,16,18-20,22-27H,9H2,1-3H3/t16-,18-,19+,20-,22+/m1/s1. The number of hydrogen-bond donors (Lipinski definition) is 5. The van der Waals surface area contributed by atoms with Gasteiger partial charge in [-0.05, 0) is 43.2 Å². The first-order valence-electron chi connectivity index (χ1n) is 9.83. The number of aryl methyl sites for hydroxylation is 2. The van der Waals surface area contributed by atoms with Crippen LogP contribution in [0.2, 0.25) is 0 Å². The van der Waals surface area contributed by atoms with Gasteiger partial charge in [0.1, 0.15) is 53.0 Å². The highest BCUT2D eigenvalue weighted by atomic mass is 16.7. The Morgan fingerprint density at radius 2 is 1.62 bits per heavy atom. The van der Waals surface area contributed by atoms with Gasteiger partial charge in [-0.1, -0.05) is 0 Å². The lowest BCUT2D eigenvalue weighted by Crippen LogP contribution is -2.60. The Balaban J connectivity index is 1.81. The van der Waals surface area contributed by atoms with Gasteiger partial charge < -0.3 is 44.5 Å². The summed E-state index contributed by atoms with van der Waals surface area (Å²) >= 11 is 0. The molecular formula is C22H26O10. The smallest absolute Gasteiger partial charge is 0.341 e. The first-order valence-corrected chi connectivity index (χ1v) is 9.83. The van der Waals surface area contributed by atoms with Crippen LogP contribution in [-0.4, -0.2) is 75.9 Å². The number of carbonyl (C=O) groups is 1. The van der Waals surface area contributed by atoms with E-state index in [9.17, 15) is 30.3 Å². The maximum Gasteiger partial charge on any atom is 0.341 e. The average Bonchev–Trinajstić information content (AvgIpc) is 2.73. The SMILES string of the molecule is COC(=O)c1c(C)cc(Oc2cc(C)cc(O[C@H]3O[C@H](CO)[C@@H](O)[C@H](O)[C@H]3O)c2)cc1O. The van der Waals surface area contributed by atoms with Gasteiger partial charge >= 0.3 is 5.97 Å². The molecule has 0 amide bonds. The van der Waals surface area contributed by atoms with Crippen molar-refractivity contribution in [1.82, 2.24) is 0 Å². The number of aliphatic hydroxyl groups excluding tert-OH is 4. The van der Waals surface area contributed by atoms with Crippen molar-refractivity contribution >= 4 is 5.97 Å². The zero-order chi connectivity index (χ0) is 23.6. The van der Waals surface area contributed by atoms with Gasteiger partial charge in [0.25, 0.3) is 0 Å². The van der Waals surface area contributed by atoms with Crippen LogP contribution in [0.25, 0.3) is 0 Å². The fourth-order valence-electron chi connectivity index (χ4n) is 3.44. The summed E-state index contributed by atoms with van der Waals surface area (Å²) in [5, 5.41) is 49.5. The van der Waals surface area contributed by atoms with Crippen molar-refractivity contribution in [2.45, 2.75) is 44.6 Å². The van der Waals surface area contributed by atoms with Crippen LogP contribution in [0.3, 0.4) is 0 Å². The summed E-state index contributed by atoms with van der Waals surface area (Å²) in [4.78, 5) is 11.8. The van der Waals surface area contributed by atoms with Gasteiger partial charge in [0, 0.05) is 12.1 Å². The van der Waals surface area contributed by atoms with Crippen molar-refractivity contribution in [3.63, 3.8) is 0 Å². The highest BCUT2D eigenvalue weighted by Gasteiger charge is 2.44. The fraction of sp³-hybridized carbons (Fsp3) is 0.409. The van der Waals surface area contributed by atoms with Gasteiger partial charge in [0.05, 0.1) is 13.7 Å². The molecule has 3 rings (SSSR count). The van der Waals surface area contributed by atoms with Crippen LogP contribution in [0, 0.1) is 13.8 Å². The number of benzene rings is 2. The Hall–Kier alpha value is -2.89. The van der Waals surface area contributed by atoms with E-state index in [1.54, 1.807) is 32.0 Å². The minimum atomic E-state index is -1.56. The van der Waals surface area contributed by atoms with Gasteiger partial charge in [-0.3, -0.25) is 0 Å². The number of rotatable bonds is 6. The summed E-state index contributed by atoms with van der Waals surface area (Å²) in [7, 11) is 1.22. The number of esters is 1. The first kappa shape index (κ1) is 23.8. The van der Waals surface area contributed by atoms with Crippen molar-refractivity contribution in [3.05, 3.63) is 47.0 Å². The van der Waals surface area contributed by atoms with E-state index >= 15 is 0 Å². The molecule has 2 aromatic rings. The number of methoxy groups -OCH3 is 1. The third-order valence-corrected chi connectivity index (χ3v) is 5.04. The molecule has 1 heterocycles. The van der Waals surface area contributed by atoms with Gasteiger partial charge in [-0.15, -0.1) is 0 Å². The Labute approximate surface area is 184 Å². The van der Waals surface area contributed by atoms with E-state index in [1.165, 1.54) is 19.2 Å². The zero-order valence-corrected chi connectivity index (χ0v) is 17.8. The van der Waals surface area contributed by atoms with Crippen LogP contribution in [0.15, 0.2) is 30.3 Å². The van der Waals surface area contributed by atoms with Crippen LogP contribution < -0.4 is 9.47 Å². The van der Waals surface area contributed by atoms with E-state index < -0.39 is 43.3 Å². The van der Waals surface area contributed by atoms with Crippen LogP contribution >= 0.6 is 0 Å². The lowest BCUT2D eigenvalue weighted by atomic mass is 9.99. The number of aliphatic hydroxyl groups is 4. The molecule has 32 heavy (non-hydrogen) atoms. The molecule has 0 unspecified atom stereocenters. The minimum absolute atomic E-state index is 0.0377. The van der Waals surface area contributed by atoms with E-state index in [4.69, 9.17) is 14.2 Å². The van der Waals surface area contributed by atoms with Crippen molar-refractivity contribution in [2.24, 2.45) is 0 Å². The molecule has 0 spiro atoms. The molecule has 0 aliphatic carbocycles. The predicted octanol–water partition coefficient (Wildman–Crippen LogP) is 0.767. The Bertz CT molecular complexity index is 950. The third kappa shape index (κ3) is 4.95. The quantitative estimate of drug-likeness (QED) is 0.399.